The van der Waals surface area contributed by atoms with Crippen LogP contribution in [0.25, 0.3) is 0 Å². The molecule has 0 spiro atoms. The topological polar surface area (TPSA) is 65.5 Å². The molecular weight excluding hydrogens is 289 g/mol. The fourth-order valence-corrected chi connectivity index (χ4v) is 2.80. The molecule has 1 aliphatic heterocycles. The van der Waals surface area contributed by atoms with Crippen LogP contribution in [0.4, 0.5) is 0 Å². The van der Waals surface area contributed by atoms with Crippen LogP contribution in [-0.4, -0.2) is 32.9 Å². The lowest BCUT2D eigenvalue weighted by Crippen LogP contribution is -2.50. The van der Waals surface area contributed by atoms with Crippen molar-refractivity contribution in [2.24, 2.45) is 0 Å². The number of ether oxygens (including phenoxy) is 1. The van der Waals surface area contributed by atoms with E-state index in [4.69, 9.17) is 32.1 Å². The molecule has 8 heteroatoms. The Morgan fingerprint density at radius 1 is 1.35 bits per heavy atom. The Morgan fingerprint density at radius 3 is 2.24 bits per heavy atom. The van der Waals surface area contributed by atoms with Gasteiger partial charge in [0.25, 0.3) is 10.1 Å². The average molecular weight is 298 g/mol. The second-order valence-corrected chi connectivity index (χ2v) is 6.13. The Bertz CT molecular complexity index is 522. The predicted molar refractivity (Wildman–Crippen MR) is 62.7 cm³/mol. The molecule has 1 aromatic heterocycles. The molecule has 0 aromatic carbocycles. The average Bonchev–Trinajstić information content (AvgIpc) is 2.08. The van der Waals surface area contributed by atoms with E-state index < -0.39 is 15.7 Å². The summed E-state index contributed by atoms with van der Waals surface area (Å²) < 4.78 is 32.5. The lowest BCUT2D eigenvalue weighted by Gasteiger charge is -2.40. The smallest absolute Gasteiger partial charge is 0.265 e. The molecule has 2 heterocycles. The number of pyridine rings is 1. The van der Waals surface area contributed by atoms with Gasteiger partial charge in [-0.25, -0.2) is 4.98 Å². The first-order valence-corrected chi connectivity index (χ1v) is 7.20. The minimum Gasteiger partial charge on any atom is -0.374 e. The van der Waals surface area contributed by atoms with Crippen LogP contribution in [0.1, 0.15) is 5.56 Å². The summed E-state index contributed by atoms with van der Waals surface area (Å²) >= 11 is 11.5. The summed E-state index contributed by atoms with van der Waals surface area (Å²) in [7, 11) is -3.60. The number of halogens is 2. The van der Waals surface area contributed by atoms with Crippen molar-refractivity contribution in [3.63, 3.8) is 0 Å². The van der Waals surface area contributed by atoms with Crippen molar-refractivity contribution < 1.29 is 17.3 Å². The zero-order valence-electron chi connectivity index (χ0n) is 8.81. The molecule has 0 aliphatic carbocycles. The van der Waals surface area contributed by atoms with Crippen molar-refractivity contribution in [3.8, 4) is 0 Å². The van der Waals surface area contributed by atoms with Crippen molar-refractivity contribution in [1.29, 1.82) is 0 Å². The van der Waals surface area contributed by atoms with Gasteiger partial charge in [0.1, 0.15) is 10.3 Å². The second kappa shape index (κ2) is 4.37. The maximum absolute atomic E-state index is 11.2. The Hall–Kier alpha value is -0.400. The van der Waals surface area contributed by atoms with E-state index in [1.807, 2.05) is 0 Å². The van der Waals surface area contributed by atoms with Gasteiger partial charge in [0, 0.05) is 0 Å². The van der Waals surface area contributed by atoms with Crippen LogP contribution in [0.15, 0.2) is 12.1 Å². The third kappa shape index (κ3) is 2.89. The highest BCUT2D eigenvalue weighted by Gasteiger charge is 2.45. The fraction of sp³-hybridized carbons (Fsp3) is 0.444. The molecule has 0 N–H and O–H groups in total. The summed E-state index contributed by atoms with van der Waals surface area (Å²) in [6, 6.07) is 3.03. The van der Waals surface area contributed by atoms with E-state index in [2.05, 4.69) is 4.98 Å². The molecule has 0 radical (unpaired) electrons. The highest BCUT2D eigenvalue weighted by Crippen LogP contribution is 2.36. The van der Waals surface area contributed by atoms with Gasteiger partial charge in [0.2, 0.25) is 0 Å². The molecular formula is C9H9Cl2NO4S. The van der Waals surface area contributed by atoms with Gasteiger partial charge in [-0.3, -0.25) is 4.18 Å². The highest BCUT2D eigenvalue weighted by molar-refractivity contribution is 7.86. The van der Waals surface area contributed by atoms with E-state index in [-0.39, 0.29) is 23.5 Å². The Morgan fingerprint density at radius 2 is 1.88 bits per heavy atom. The van der Waals surface area contributed by atoms with Gasteiger partial charge in [-0.1, -0.05) is 23.2 Å². The third-order valence-electron chi connectivity index (χ3n) is 2.27. The van der Waals surface area contributed by atoms with Gasteiger partial charge in [-0.05, 0) is 17.7 Å². The van der Waals surface area contributed by atoms with Gasteiger partial charge in [0.05, 0.1) is 19.5 Å². The minimum absolute atomic E-state index is 0.136. The van der Waals surface area contributed by atoms with E-state index in [0.29, 0.717) is 5.56 Å². The summed E-state index contributed by atoms with van der Waals surface area (Å²) in [6.07, 6.45) is 0.984. The maximum Gasteiger partial charge on any atom is 0.265 e. The van der Waals surface area contributed by atoms with Crippen molar-refractivity contribution in [3.05, 3.63) is 28.0 Å². The van der Waals surface area contributed by atoms with Crippen LogP contribution in [0.3, 0.4) is 0 Å². The lowest BCUT2D eigenvalue weighted by atomic mass is 9.93. The molecule has 1 fully saturated rings. The van der Waals surface area contributed by atoms with E-state index in [1.165, 1.54) is 12.1 Å². The molecule has 1 aliphatic rings. The molecule has 94 valence electrons. The summed E-state index contributed by atoms with van der Waals surface area (Å²) in [4.78, 5) is 3.79. The van der Waals surface area contributed by atoms with Crippen LogP contribution < -0.4 is 0 Å². The van der Waals surface area contributed by atoms with Crippen LogP contribution >= 0.6 is 23.2 Å². The lowest BCUT2D eigenvalue weighted by molar-refractivity contribution is -0.164. The predicted octanol–water partition coefficient (Wildman–Crippen LogP) is 1.59. The largest absolute Gasteiger partial charge is 0.374 e. The summed E-state index contributed by atoms with van der Waals surface area (Å²) in [5.41, 5.74) is -0.497. The van der Waals surface area contributed by atoms with Gasteiger partial charge in [-0.2, -0.15) is 8.42 Å². The van der Waals surface area contributed by atoms with Crippen molar-refractivity contribution in [2.75, 3.05) is 19.5 Å². The zero-order chi connectivity index (χ0) is 12.7. The first-order chi connectivity index (χ1) is 7.81. The maximum atomic E-state index is 11.2. The van der Waals surface area contributed by atoms with Crippen LogP contribution in [0.5, 0.6) is 0 Å². The molecule has 0 amide bonds. The minimum atomic E-state index is -3.60. The van der Waals surface area contributed by atoms with E-state index in [1.54, 1.807) is 0 Å². The van der Waals surface area contributed by atoms with Gasteiger partial charge in [-0.15, -0.1) is 0 Å². The van der Waals surface area contributed by atoms with Crippen LogP contribution in [0.2, 0.25) is 10.3 Å². The van der Waals surface area contributed by atoms with Gasteiger partial charge >= 0.3 is 0 Å². The Labute approximate surface area is 109 Å². The quantitative estimate of drug-likeness (QED) is 0.626. The number of hydrogen-bond acceptors (Lipinski definition) is 5. The van der Waals surface area contributed by atoms with Gasteiger partial charge < -0.3 is 4.74 Å². The standard InChI is InChI=1S/C9H9Cl2NO4S/c1-17(13,14)16-9(4-15-5-9)6-2-7(10)12-8(11)3-6/h2-3H,4-5H2,1H3. The number of hydrogen-bond donors (Lipinski definition) is 0. The Balaban J connectivity index is 2.41. The van der Waals surface area contributed by atoms with Crippen molar-refractivity contribution in [1.82, 2.24) is 4.98 Å². The molecule has 5 nitrogen and oxygen atoms in total. The van der Waals surface area contributed by atoms with Crippen LogP contribution in [0, 0.1) is 0 Å². The molecule has 1 saturated heterocycles. The first kappa shape index (κ1) is 13.0. The molecule has 17 heavy (non-hydrogen) atoms. The highest BCUT2D eigenvalue weighted by atomic mass is 35.5. The van der Waals surface area contributed by atoms with Crippen molar-refractivity contribution >= 4 is 33.3 Å². The van der Waals surface area contributed by atoms with Crippen LogP contribution in [-0.2, 0) is 24.6 Å². The summed E-state index contributed by atoms with van der Waals surface area (Å²) in [6.45, 7) is 0.271. The summed E-state index contributed by atoms with van der Waals surface area (Å²) in [5, 5.41) is 0.353. The number of aromatic nitrogens is 1. The monoisotopic (exact) mass is 297 g/mol. The van der Waals surface area contributed by atoms with E-state index >= 15 is 0 Å². The fourth-order valence-electron chi connectivity index (χ4n) is 1.57. The zero-order valence-corrected chi connectivity index (χ0v) is 11.1. The normalized spacial score (nSPS) is 18.8. The summed E-state index contributed by atoms with van der Waals surface area (Å²) in [5.74, 6) is 0. The number of nitrogens with zero attached hydrogens (tertiary/aromatic N) is 1. The second-order valence-electron chi connectivity index (χ2n) is 3.78. The SMILES string of the molecule is CS(=O)(=O)OC1(c2cc(Cl)nc(Cl)c2)COC1. The van der Waals surface area contributed by atoms with E-state index in [9.17, 15) is 8.42 Å². The molecule has 0 unspecified atom stereocenters. The molecule has 0 saturated carbocycles. The molecule has 0 atom stereocenters. The van der Waals surface area contributed by atoms with Gasteiger partial charge in [0.15, 0.2) is 5.60 Å². The third-order valence-corrected chi connectivity index (χ3v) is 3.28. The van der Waals surface area contributed by atoms with Crippen molar-refractivity contribution in [2.45, 2.75) is 5.60 Å². The first-order valence-electron chi connectivity index (χ1n) is 4.63. The number of rotatable bonds is 3. The van der Waals surface area contributed by atoms with E-state index in [0.717, 1.165) is 6.26 Å². The molecule has 1 aromatic rings. The Kier molecular flexibility index (Phi) is 3.35. The molecule has 2 rings (SSSR count). The molecule has 0 bridgehead atoms.